The lowest BCUT2D eigenvalue weighted by atomic mass is 10.0. The fourth-order valence-electron chi connectivity index (χ4n) is 2.13. The van der Waals surface area contributed by atoms with E-state index in [2.05, 4.69) is 5.32 Å². The van der Waals surface area contributed by atoms with Gasteiger partial charge in [-0.05, 0) is 0 Å². The van der Waals surface area contributed by atoms with Gasteiger partial charge in [0.2, 0.25) is 0 Å². The van der Waals surface area contributed by atoms with Crippen LogP contribution in [-0.4, -0.2) is 41.1 Å². The molecule has 5 heteroatoms. The smallest absolute Gasteiger partial charge is 0.131 e. The van der Waals surface area contributed by atoms with E-state index in [1.54, 1.807) is 21.3 Å². The van der Waals surface area contributed by atoms with Crippen LogP contribution >= 0.6 is 0 Å². The highest BCUT2D eigenvalue weighted by Gasteiger charge is 2.24. The highest BCUT2D eigenvalue weighted by atomic mass is 16.5. The van der Waals surface area contributed by atoms with Crippen molar-refractivity contribution in [2.75, 3.05) is 41.1 Å². The van der Waals surface area contributed by atoms with E-state index in [1.165, 1.54) is 0 Å². The molecule has 1 aliphatic rings. The van der Waals surface area contributed by atoms with Gasteiger partial charge in [-0.25, -0.2) is 0 Å². The average Bonchev–Trinajstić information content (AvgIpc) is 2.46. The van der Waals surface area contributed by atoms with Crippen LogP contribution in [0.3, 0.4) is 0 Å². The van der Waals surface area contributed by atoms with Crippen LogP contribution in [0.2, 0.25) is 0 Å². The van der Waals surface area contributed by atoms with E-state index in [1.807, 2.05) is 12.1 Å². The Bertz CT molecular complexity index is 377. The molecular weight excluding hydrogens is 234 g/mol. The molecule has 1 fully saturated rings. The highest BCUT2D eigenvalue weighted by molar-refractivity contribution is 5.52. The maximum Gasteiger partial charge on any atom is 0.131 e. The summed E-state index contributed by atoms with van der Waals surface area (Å²) in [7, 11) is 4.90. The Morgan fingerprint density at radius 1 is 1.11 bits per heavy atom. The number of hydrogen-bond donors (Lipinski definition) is 1. The zero-order valence-electron chi connectivity index (χ0n) is 11.0. The SMILES string of the molecule is COc1cc(OC)c([C@@H]2COCCN2)c(OC)c1. The fraction of sp³-hybridized carbons (Fsp3) is 0.538. The zero-order valence-corrected chi connectivity index (χ0v) is 11.0. The molecule has 1 saturated heterocycles. The van der Waals surface area contributed by atoms with Gasteiger partial charge in [-0.15, -0.1) is 0 Å². The van der Waals surface area contributed by atoms with Crippen molar-refractivity contribution in [2.45, 2.75) is 6.04 Å². The quantitative estimate of drug-likeness (QED) is 0.878. The van der Waals surface area contributed by atoms with E-state index in [0.717, 1.165) is 30.2 Å². The lowest BCUT2D eigenvalue weighted by Gasteiger charge is -2.27. The lowest BCUT2D eigenvalue weighted by molar-refractivity contribution is 0.0751. The third-order valence-corrected chi connectivity index (χ3v) is 3.02. The van der Waals surface area contributed by atoms with Crippen molar-refractivity contribution in [1.82, 2.24) is 5.32 Å². The Balaban J connectivity index is 2.41. The van der Waals surface area contributed by atoms with Crippen molar-refractivity contribution in [3.8, 4) is 17.2 Å². The Morgan fingerprint density at radius 3 is 2.22 bits per heavy atom. The Hall–Kier alpha value is -1.46. The van der Waals surface area contributed by atoms with Gasteiger partial charge in [-0.1, -0.05) is 0 Å². The first-order chi connectivity index (χ1) is 8.80. The third kappa shape index (κ3) is 2.52. The van der Waals surface area contributed by atoms with Gasteiger partial charge in [0.25, 0.3) is 0 Å². The third-order valence-electron chi connectivity index (χ3n) is 3.02. The number of nitrogens with one attached hydrogen (secondary N) is 1. The first-order valence-electron chi connectivity index (χ1n) is 5.91. The molecule has 1 aromatic rings. The van der Waals surface area contributed by atoms with Gasteiger partial charge >= 0.3 is 0 Å². The van der Waals surface area contributed by atoms with Crippen LogP contribution in [0.5, 0.6) is 17.2 Å². The molecule has 2 rings (SSSR count). The largest absolute Gasteiger partial charge is 0.496 e. The number of hydrogen-bond acceptors (Lipinski definition) is 5. The van der Waals surface area contributed by atoms with Crippen LogP contribution in [0, 0.1) is 0 Å². The summed E-state index contributed by atoms with van der Waals surface area (Å²) in [4.78, 5) is 0. The minimum Gasteiger partial charge on any atom is -0.496 e. The van der Waals surface area contributed by atoms with Crippen LogP contribution in [0.1, 0.15) is 11.6 Å². The van der Waals surface area contributed by atoms with E-state index < -0.39 is 0 Å². The number of benzene rings is 1. The Kier molecular flexibility index (Phi) is 4.28. The fourth-order valence-corrected chi connectivity index (χ4v) is 2.13. The monoisotopic (exact) mass is 253 g/mol. The maximum absolute atomic E-state index is 5.49. The number of ether oxygens (including phenoxy) is 4. The van der Waals surface area contributed by atoms with Crippen molar-refractivity contribution in [1.29, 1.82) is 0 Å². The molecule has 0 bridgehead atoms. The summed E-state index contributed by atoms with van der Waals surface area (Å²) < 4.78 is 21.6. The van der Waals surface area contributed by atoms with Gasteiger partial charge in [0.15, 0.2) is 0 Å². The molecule has 1 N–H and O–H groups in total. The van der Waals surface area contributed by atoms with E-state index >= 15 is 0 Å². The van der Waals surface area contributed by atoms with Gasteiger partial charge in [0.05, 0.1) is 46.1 Å². The van der Waals surface area contributed by atoms with E-state index in [4.69, 9.17) is 18.9 Å². The summed E-state index contributed by atoms with van der Waals surface area (Å²) in [6, 6.07) is 3.79. The molecule has 0 aliphatic carbocycles. The van der Waals surface area contributed by atoms with Crippen LogP contribution in [0.25, 0.3) is 0 Å². The normalized spacial score (nSPS) is 19.4. The van der Waals surface area contributed by atoms with Gasteiger partial charge in [-0.2, -0.15) is 0 Å². The number of rotatable bonds is 4. The van der Waals surface area contributed by atoms with Crippen molar-refractivity contribution in [3.05, 3.63) is 17.7 Å². The zero-order chi connectivity index (χ0) is 13.0. The van der Waals surface area contributed by atoms with Crippen LogP contribution in [-0.2, 0) is 4.74 Å². The molecule has 1 heterocycles. The predicted molar refractivity (Wildman–Crippen MR) is 67.7 cm³/mol. The summed E-state index contributed by atoms with van der Waals surface area (Å²) in [6.45, 7) is 2.17. The van der Waals surface area contributed by atoms with Gasteiger partial charge in [0.1, 0.15) is 17.2 Å². The van der Waals surface area contributed by atoms with Crippen LogP contribution in [0.4, 0.5) is 0 Å². The van der Waals surface area contributed by atoms with Crippen LogP contribution < -0.4 is 19.5 Å². The molecule has 1 aliphatic heterocycles. The van der Waals surface area contributed by atoms with Crippen LogP contribution in [0.15, 0.2) is 12.1 Å². The van der Waals surface area contributed by atoms with E-state index in [0.29, 0.717) is 12.4 Å². The molecular formula is C13H19NO4. The molecule has 0 saturated carbocycles. The van der Waals surface area contributed by atoms with Crippen molar-refractivity contribution >= 4 is 0 Å². The lowest BCUT2D eigenvalue weighted by Crippen LogP contribution is -2.35. The maximum atomic E-state index is 5.49. The molecule has 1 atom stereocenters. The van der Waals surface area contributed by atoms with Crippen molar-refractivity contribution < 1.29 is 18.9 Å². The van der Waals surface area contributed by atoms with Crippen molar-refractivity contribution in [3.63, 3.8) is 0 Å². The number of morpholine rings is 1. The highest BCUT2D eigenvalue weighted by Crippen LogP contribution is 2.38. The predicted octanol–water partition coefficient (Wildman–Crippen LogP) is 1.37. The molecule has 1 aromatic carbocycles. The molecule has 5 nitrogen and oxygen atoms in total. The Morgan fingerprint density at radius 2 is 1.78 bits per heavy atom. The molecule has 0 radical (unpaired) electrons. The summed E-state index contributed by atoms with van der Waals surface area (Å²) >= 11 is 0. The molecule has 100 valence electrons. The topological polar surface area (TPSA) is 49.0 Å². The second kappa shape index (κ2) is 5.93. The summed E-state index contributed by atoms with van der Waals surface area (Å²) in [5.74, 6) is 2.20. The molecule has 0 aromatic heterocycles. The second-order valence-corrected chi connectivity index (χ2v) is 4.03. The Labute approximate surface area is 107 Å². The first-order valence-corrected chi connectivity index (χ1v) is 5.91. The minimum atomic E-state index is 0.0783. The summed E-state index contributed by atoms with van der Waals surface area (Å²) in [5.41, 5.74) is 0.973. The summed E-state index contributed by atoms with van der Waals surface area (Å²) in [6.07, 6.45) is 0. The van der Waals surface area contributed by atoms with Gasteiger partial charge in [0, 0.05) is 18.7 Å². The van der Waals surface area contributed by atoms with Crippen molar-refractivity contribution in [2.24, 2.45) is 0 Å². The first kappa shape index (κ1) is 13.0. The molecule has 0 unspecified atom stereocenters. The minimum absolute atomic E-state index is 0.0783. The van der Waals surface area contributed by atoms with Gasteiger partial charge < -0.3 is 24.3 Å². The number of methoxy groups -OCH3 is 3. The molecule has 0 amide bonds. The second-order valence-electron chi connectivity index (χ2n) is 4.03. The van der Waals surface area contributed by atoms with Gasteiger partial charge in [-0.3, -0.25) is 0 Å². The van der Waals surface area contributed by atoms with E-state index in [9.17, 15) is 0 Å². The molecule has 18 heavy (non-hydrogen) atoms. The average molecular weight is 253 g/mol. The standard InChI is InChI=1S/C13H19NO4/c1-15-9-6-11(16-2)13(12(7-9)17-3)10-8-18-5-4-14-10/h6-7,10,14H,4-5,8H2,1-3H3/t10-/m0/s1. The van der Waals surface area contributed by atoms with E-state index in [-0.39, 0.29) is 6.04 Å². The summed E-state index contributed by atoms with van der Waals surface area (Å²) in [5, 5.41) is 3.40. The molecule has 0 spiro atoms.